The van der Waals surface area contributed by atoms with Crippen molar-refractivity contribution in [3.63, 3.8) is 0 Å². The molecule has 0 saturated carbocycles. The number of H-pyrrole nitrogens is 1. The average molecular weight is 275 g/mol. The number of hydrogen-bond acceptors (Lipinski definition) is 3. The summed E-state index contributed by atoms with van der Waals surface area (Å²) in [5.41, 5.74) is 1.03. The van der Waals surface area contributed by atoms with E-state index in [0.29, 0.717) is 13.0 Å². The Morgan fingerprint density at radius 1 is 1.50 bits per heavy atom. The number of carbonyl (C=O) groups excluding carboxylic acids is 1. The van der Waals surface area contributed by atoms with Crippen LogP contribution in [0, 0.1) is 0 Å². The van der Waals surface area contributed by atoms with Gasteiger partial charge in [-0.05, 0) is 6.42 Å². The molecule has 0 saturated heterocycles. The Labute approximate surface area is 118 Å². The molecule has 0 aliphatic carbocycles. The number of aromatic nitrogens is 4. The summed E-state index contributed by atoms with van der Waals surface area (Å²) in [6, 6.07) is 0.189. The molecule has 0 spiro atoms. The average Bonchev–Trinajstić information content (AvgIpc) is 3.11. The highest BCUT2D eigenvalue weighted by atomic mass is 16.1. The summed E-state index contributed by atoms with van der Waals surface area (Å²) in [6.07, 6.45) is 12.2. The van der Waals surface area contributed by atoms with E-state index in [1.54, 1.807) is 25.0 Å². The van der Waals surface area contributed by atoms with E-state index < -0.39 is 0 Å². The first kappa shape index (κ1) is 14.3. The van der Waals surface area contributed by atoms with Gasteiger partial charge in [-0.1, -0.05) is 13.3 Å². The molecule has 0 fully saturated rings. The molecule has 2 aromatic heterocycles. The first-order chi connectivity index (χ1) is 9.79. The molecule has 6 nitrogen and oxygen atoms in total. The van der Waals surface area contributed by atoms with Gasteiger partial charge in [-0.2, -0.15) is 0 Å². The molecule has 6 heteroatoms. The first-order valence-corrected chi connectivity index (χ1v) is 7.01. The van der Waals surface area contributed by atoms with Gasteiger partial charge in [-0.15, -0.1) is 0 Å². The normalized spacial score (nSPS) is 12.2. The molecule has 1 atom stereocenters. The fourth-order valence-electron chi connectivity index (χ4n) is 2.22. The molecule has 0 aliphatic heterocycles. The number of nitrogens with zero attached hydrogens (tertiary/aromatic N) is 3. The summed E-state index contributed by atoms with van der Waals surface area (Å²) in [5.74, 6) is 0.0802. The molecule has 2 N–H and O–H groups in total. The monoisotopic (exact) mass is 275 g/mol. The highest BCUT2D eigenvalue weighted by Gasteiger charge is 2.14. The zero-order chi connectivity index (χ0) is 14.2. The summed E-state index contributed by atoms with van der Waals surface area (Å²) in [4.78, 5) is 23.0. The third-order valence-corrected chi connectivity index (χ3v) is 3.26. The lowest BCUT2D eigenvalue weighted by molar-refractivity contribution is -0.121. The Morgan fingerprint density at radius 3 is 3.05 bits per heavy atom. The van der Waals surface area contributed by atoms with Crippen LogP contribution in [0.3, 0.4) is 0 Å². The van der Waals surface area contributed by atoms with E-state index in [9.17, 15) is 4.79 Å². The van der Waals surface area contributed by atoms with Crippen LogP contribution < -0.4 is 5.32 Å². The maximum Gasteiger partial charge on any atom is 0.222 e. The lowest BCUT2D eigenvalue weighted by Gasteiger charge is -2.17. The van der Waals surface area contributed by atoms with Crippen LogP contribution in [0.15, 0.2) is 31.2 Å². The van der Waals surface area contributed by atoms with Crippen LogP contribution in [0.4, 0.5) is 0 Å². The number of imidazole rings is 2. The Hall–Kier alpha value is -2.11. The number of nitrogens with one attached hydrogen (secondary N) is 2. The lowest BCUT2D eigenvalue weighted by Crippen LogP contribution is -2.28. The van der Waals surface area contributed by atoms with Gasteiger partial charge < -0.3 is 14.9 Å². The Bertz CT molecular complexity index is 492. The van der Waals surface area contributed by atoms with Crippen molar-refractivity contribution in [2.24, 2.45) is 0 Å². The first-order valence-electron chi connectivity index (χ1n) is 7.01. The Morgan fingerprint density at radius 2 is 2.40 bits per heavy atom. The van der Waals surface area contributed by atoms with Gasteiger partial charge in [-0.25, -0.2) is 9.97 Å². The van der Waals surface area contributed by atoms with Crippen molar-refractivity contribution in [2.75, 3.05) is 6.54 Å². The fourth-order valence-corrected chi connectivity index (χ4v) is 2.22. The van der Waals surface area contributed by atoms with E-state index >= 15 is 0 Å². The lowest BCUT2D eigenvalue weighted by atomic mass is 10.1. The maximum absolute atomic E-state index is 12.0. The third kappa shape index (κ3) is 4.22. The van der Waals surface area contributed by atoms with Crippen molar-refractivity contribution in [1.82, 2.24) is 24.8 Å². The molecule has 0 bridgehead atoms. The predicted octanol–water partition coefficient (Wildman–Crippen LogP) is 1.70. The maximum atomic E-state index is 12.0. The topological polar surface area (TPSA) is 75.6 Å². The van der Waals surface area contributed by atoms with E-state index in [2.05, 4.69) is 27.2 Å². The quantitative estimate of drug-likeness (QED) is 0.770. The second-order valence-electron chi connectivity index (χ2n) is 4.83. The molecule has 0 aromatic carbocycles. The van der Waals surface area contributed by atoms with Crippen molar-refractivity contribution in [3.05, 3.63) is 36.9 Å². The summed E-state index contributed by atoms with van der Waals surface area (Å²) in [5, 5.41) is 2.95. The van der Waals surface area contributed by atoms with Crippen LogP contribution in [0.2, 0.25) is 0 Å². The predicted molar refractivity (Wildman–Crippen MR) is 76.1 cm³/mol. The molecule has 0 radical (unpaired) electrons. The number of amides is 1. The van der Waals surface area contributed by atoms with Crippen LogP contribution in [0.25, 0.3) is 0 Å². The Kier molecular flexibility index (Phi) is 5.34. The molecular weight excluding hydrogens is 254 g/mol. The second kappa shape index (κ2) is 7.47. The van der Waals surface area contributed by atoms with Crippen LogP contribution in [0.1, 0.15) is 37.9 Å². The number of hydrogen-bond donors (Lipinski definition) is 2. The highest BCUT2D eigenvalue weighted by Crippen LogP contribution is 2.17. The molecular formula is C14H21N5O. The van der Waals surface area contributed by atoms with Crippen molar-refractivity contribution >= 4 is 5.91 Å². The van der Waals surface area contributed by atoms with Gasteiger partial charge >= 0.3 is 0 Å². The summed E-state index contributed by atoms with van der Waals surface area (Å²) in [6.45, 7) is 2.75. The summed E-state index contributed by atoms with van der Waals surface area (Å²) in [7, 11) is 0. The molecule has 2 rings (SSSR count). The van der Waals surface area contributed by atoms with Gasteiger partial charge in [0.2, 0.25) is 5.91 Å². The Balaban J connectivity index is 1.76. The van der Waals surface area contributed by atoms with Gasteiger partial charge in [0, 0.05) is 49.7 Å². The second-order valence-corrected chi connectivity index (χ2v) is 4.83. The molecule has 1 unspecified atom stereocenters. The minimum atomic E-state index is 0.0802. The van der Waals surface area contributed by atoms with E-state index in [4.69, 9.17) is 0 Å². The third-order valence-electron chi connectivity index (χ3n) is 3.26. The van der Waals surface area contributed by atoms with E-state index in [1.807, 2.05) is 10.8 Å². The summed E-state index contributed by atoms with van der Waals surface area (Å²) >= 11 is 0. The van der Waals surface area contributed by atoms with Crippen LogP contribution in [0.5, 0.6) is 0 Å². The zero-order valence-electron chi connectivity index (χ0n) is 11.7. The molecule has 1 amide bonds. The van der Waals surface area contributed by atoms with Crippen LogP contribution >= 0.6 is 0 Å². The molecule has 0 aliphatic rings. The van der Waals surface area contributed by atoms with E-state index in [0.717, 1.165) is 25.0 Å². The zero-order valence-corrected chi connectivity index (χ0v) is 11.7. The minimum Gasteiger partial charge on any atom is -0.356 e. The number of carbonyl (C=O) groups is 1. The van der Waals surface area contributed by atoms with Crippen molar-refractivity contribution in [2.45, 2.75) is 38.6 Å². The smallest absolute Gasteiger partial charge is 0.222 e. The van der Waals surface area contributed by atoms with Crippen molar-refractivity contribution in [1.29, 1.82) is 0 Å². The SMILES string of the molecule is CCCC(CC(=O)NCCc1cnc[nH]1)n1ccnc1. The van der Waals surface area contributed by atoms with Gasteiger partial charge in [0.25, 0.3) is 0 Å². The molecule has 108 valence electrons. The van der Waals surface area contributed by atoms with E-state index in [1.165, 1.54) is 0 Å². The van der Waals surface area contributed by atoms with Crippen LogP contribution in [-0.4, -0.2) is 32.0 Å². The van der Waals surface area contributed by atoms with Crippen molar-refractivity contribution < 1.29 is 4.79 Å². The highest BCUT2D eigenvalue weighted by molar-refractivity contribution is 5.76. The van der Waals surface area contributed by atoms with Gasteiger partial charge in [0.05, 0.1) is 12.7 Å². The standard InChI is InChI=1S/C14H21N5O/c1-2-3-13(19-7-6-15-11-19)8-14(20)17-5-4-12-9-16-10-18-12/h6-7,9-11,13H,2-5,8H2,1H3,(H,16,18)(H,17,20). The van der Waals surface area contributed by atoms with Crippen molar-refractivity contribution in [3.8, 4) is 0 Å². The molecule has 20 heavy (non-hydrogen) atoms. The summed E-state index contributed by atoms with van der Waals surface area (Å²) < 4.78 is 2.01. The van der Waals surface area contributed by atoms with Gasteiger partial charge in [0.1, 0.15) is 0 Å². The number of aromatic amines is 1. The fraction of sp³-hybridized carbons (Fsp3) is 0.500. The van der Waals surface area contributed by atoms with Gasteiger partial charge in [-0.3, -0.25) is 4.79 Å². The molecule has 2 heterocycles. The largest absolute Gasteiger partial charge is 0.356 e. The minimum absolute atomic E-state index is 0.0802. The van der Waals surface area contributed by atoms with Crippen LogP contribution in [-0.2, 0) is 11.2 Å². The molecule has 2 aromatic rings. The van der Waals surface area contributed by atoms with E-state index in [-0.39, 0.29) is 11.9 Å². The van der Waals surface area contributed by atoms with Gasteiger partial charge in [0.15, 0.2) is 0 Å². The number of rotatable bonds is 8.